The molecule has 0 aliphatic heterocycles. The lowest BCUT2D eigenvalue weighted by Gasteiger charge is -2.13. The number of hydrogen-bond acceptors (Lipinski definition) is 4. The summed E-state index contributed by atoms with van der Waals surface area (Å²) in [6.07, 6.45) is 1.58. The Morgan fingerprint density at radius 3 is 2.64 bits per heavy atom. The van der Waals surface area contributed by atoms with E-state index in [2.05, 4.69) is 5.32 Å². The van der Waals surface area contributed by atoms with Crippen molar-refractivity contribution in [2.45, 2.75) is 12.5 Å². The average Bonchev–Trinajstić information content (AvgIpc) is 3.01. The van der Waals surface area contributed by atoms with Crippen molar-refractivity contribution in [3.8, 4) is 11.1 Å². The third kappa shape index (κ3) is 3.73. The van der Waals surface area contributed by atoms with Crippen LogP contribution in [0.4, 0.5) is 0 Å². The third-order valence-electron chi connectivity index (χ3n) is 3.17. The summed E-state index contributed by atoms with van der Waals surface area (Å²) in [5.41, 5.74) is 1.44. The molecule has 22 heavy (non-hydrogen) atoms. The minimum Gasteiger partial charge on any atom is -0.480 e. The Kier molecular flexibility index (Phi) is 5.32. The van der Waals surface area contributed by atoms with Gasteiger partial charge < -0.3 is 19.6 Å². The van der Waals surface area contributed by atoms with Crippen LogP contribution < -0.4 is 5.32 Å². The molecule has 1 heterocycles. The molecule has 0 fully saturated rings. The Labute approximate surface area is 127 Å². The molecule has 1 aromatic carbocycles. The second-order valence-corrected chi connectivity index (χ2v) is 4.68. The molecule has 2 rings (SSSR count). The largest absolute Gasteiger partial charge is 0.480 e. The first-order chi connectivity index (χ1) is 10.6. The summed E-state index contributed by atoms with van der Waals surface area (Å²) in [5.74, 6) is -1.58. The number of aliphatic carboxylic acids is 1. The summed E-state index contributed by atoms with van der Waals surface area (Å²) in [7, 11) is 1.47. The molecule has 1 aromatic heterocycles. The highest BCUT2D eigenvalue weighted by Crippen LogP contribution is 2.24. The number of carbonyl (C=O) groups is 2. The van der Waals surface area contributed by atoms with Crippen molar-refractivity contribution < 1.29 is 23.8 Å². The zero-order valence-electron chi connectivity index (χ0n) is 12.1. The van der Waals surface area contributed by atoms with Crippen molar-refractivity contribution in [2.75, 3.05) is 13.7 Å². The zero-order valence-corrected chi connectivity index (χ0v) is 12.1. The van der Waals surface area contributed by atoms with Crippen molar-refractivity contribution in [3.63, 3.8) is 0 Å². The zero-order chi connectivity index (χ0) is 15.9. The molecule has 0 saturated heterocycles. The first-order valence-electron chi connectivity index (χ1n) is 6.79. The molecule has 2 N–H and O–H groups in total. The van der Waals surface area contributed by atoms with E-state index in [0.29, 0.717) is 5.56 Å². The standard InChI is InChI=1S/C16H17NO5/c1-21-9-8-13(16(19)20)17-15(18)14-12(7-10-22-14)11-5-3-2-4-6-11/h2-7,10,13H,8-9H2,1H3,(H,17,18)(H,19,20). The van der Waals surface area contributed by atoms with E-state index in [0.717, 1.165) is 5.56 Å². The van der Waals surface area contributed by atoms with Crippen LogP contribution in [0.1, 0.15) is 17.0 Å². The van der Waals surface area contributed by atoms with Gasteiger partial charge in [0.15, 0.2) is 5.76 Å². The number of rotatable bonds is 7. The summed E-state index contributed by atoms with van der Waals surface area (Å²) in [5, 5.41) is 11.6. The summed E-state index contributed by atoms with van der Waals surface area (Å²) >= 11 is 0. The summed E-state index contributed by atoms with van der Waals surface area (Å²) in [6.45, 7) is 0.237. The normalized spacial score (nSPS) is 11.9. The molecule has 0 saturated carbocycles. The Balaban J connectivity index is 2.16. The highest BCUT2D eigenvalue weighted by molar-refractivity contribution is 5.99. The fourth-order valence-corrected chi connectivity index (χ4v) is 2.05. The second kappa shape index (κ2) is 7.42. The van der Waals surface area contributed by atoms with Crippen molar-refractivity contribution in [2.24, 2.45) is 0 Å². The van der Waals surface area contributed by atoms with E-state index in [1.807, 2.05) is 30.3 Å². The Morgan fingerprint density at radius 2 is 2.00 bits per heavy atom. The predicted molar refractivity (Wildman–Crippen MR) is 79.5 cm³/mol. The highest BCUT2D eigenvalue weighted by atomic mass is 16.5. The van der Waals surface area contributed by atoms with E-state index in [1.165, 1.54) is 13.4 Å². The van der Waals surface area contributed by atoms with E-state index in [1.54, 1.807) is 6.07 Å². The molecule has 116 valence electrons. The summed E-state index contributed by atoms with van der Waals surface area (Å²) < 4.78 is 10.1. The van der Waals surface area contributed by atoms with Crippen LogP contribution in [-0.2, 0) is 9.53 Å². The van der Waals surface area contributed by atoms with Gasteiger partial charge in [-0.3, -0.25) is 4.79 Å². The molecule has 6 nitrogen and oxygen atoms in total. The molecule has 0 bridgehead atoms. The Hall–Kier alpha value is -2.60. The van der Waals surface area contributed by atoms with Gasteiger partial charge in [0.2, 0.25) is 0 Å². The van der Waals surface area contributed by atoms with Crippen LogP contribution in [0.3, 0.4) is 0 Å². The number of nitrogens with one attached hydrogen (secondary N) is 1. The molecule has 6 heteroatoms. The van der Waals surface area contributed by atoms with Crippen LogP contribution in [0.5, 0.6) is 0 Å². The maximum absolute atomic E-state index is 12.3. The van der Waals surface area contributed by atoms with Gasteiger partial charge in [-0.05, 0) is 11.6 Å². The third-order valence-corrected chi connectivity index (χ3v) is 3.17. The summed E-state index contributed by atoms with van der Waals surface area (Å²) in [4.78, 5) is 23.4. The smallest absolute Gasteiger partial charge is 0.326 e. The number of benzene rings is 1. The molecule has 0 radical (unpaired) electrons. The van der Waals surface area contributed by atoms with Gasteiger partial charge in [0.25, 0.3) is 5.91 Å². The highest BCUT2D eigenvalue weighted by Gasteiger charge is 2.24. The lowest BCUT2D eigenvalue weighted by molar-refractivity contribution is -0.139. The number of hydrogen-bond donors (Lipinski definition) is 2. The Bertz CT molecular complexity index is 635. The Morgan fingerprint density at radius 1 is 1.27 bits per heavy atom. The number of carboxylic acids is 1. The first kappa shape index (κ1) is 15.8. The number of carbonyl (C=O) groups excluding carboxylic acids is 1. The van der Waals surface area contributed by atoms with Gasteiger partial charge in [-0.15, -0.1) is 0 Å². The van der Waals surface area contributed by atoms with Gasteiger partial charge in [0.05, 0.1) is 6.26 Å². The molecule has 1 unspecified atom stereocenters. The van der Waals surface area contributed by atoms with Gasteiger partial charge in [0, 0.05) is 25.7 Å². The average molecular weight is 303 g/mol. The van der Waals surface area contributed by atoms with E-state index < -0.39 is 17.9 Å². The minimum atomic E-state index is -1.11. The number of methoxy groups -OCH3 is 1. The van der Waals surface area contributed by atoms with Crippen molar-refractivity contribution in [3.05, 3.63) is 48.4 Å². The van der Waals surface area contributed by atoms with Gasteiger partial charge >= 0.3 is 5.97 Å². The van der Waals surface area contributed by atoms with Crippen LogP contribution in [0, 0.1) is 0 Å². The van der Waals surface area contributed by atoms with Crippen LogP contribution in [0.25, 0.3) is 11.1 Å². The van der Waals surface area contributed by atoms with Crippen molar-refractivity contribution >= 4 is 11.9 Å². The fourth-order valence-electron chi connectivity index (χ4n) is 2.05. The van der Waals surface area contributed by atoms with Gasteiger partial charge in [-0.2, -0.15) is 0 Å². The molecule has 1 amide bonds. The predicted octanol–water partition coefficient (Wildman–Crippen LogP) is 2.17. The molecular weight excluding hydrogens is 286 g/mol. The number of carboxylic acid groups (broad SMARTS) is 1. The van der Waals surface area contributed by atoms with E-state index in [-0.39, 0.29) is 18.8 Å². The fraction of sp³-hybridized carbons (Fsp3) is 0.250. The maximum atomic E-state index is 12.3. The second-order valence-electron chi connectivity index (χ2n) is 4.68. The van der Waals surface area contributed by atoms with Crippen molar-refractivity contribution in [1.82, 2.24) is 5.32 Å². The number of amides is 1. The van der Waals surface area contributed by atoms with Crippen LogP contribution >= 0.6 is 0 Å². The van der Waals surface area contributed by atoms with Crippen LogP contribution in [0.2, 0.25) is 0 Å². The van der Waals surface area contributed by atoms with Gasteiger partial charge in [-0.25, -0.2) is 4.79 Å². The van der Waals surface area contributed by atoms with E-state index >= 15 is 0 Å². The van der Waals surface area contributed by atoms with Crippen LogP contribution in [0.15, 0.2) is 47.1 Å². The van der Waals surface area contributed by atoms with E-state index in [4.69, 9.17) is 14.3 Å². The lowest BCUT2D eigenvalue weighted by atomic mass is 10.1. The van der Waals surface area contributed by atoms with Gasteiger partial charge in [-0.1, -0.05) is 30.3 Å². The molecule has 0 aliphatic rings. The maximum Gasteiger partial charge on any atom is 0.326 e. The quantitative estimate of drug-likeness (QED) is 0.818. The topological polar surface area (TPSA) is 88.8 Å². The molecular formula is C16H17NO5. The monoisotopic (exact) mass is 303 g/mol. The first-order valence-corrected chi connectivity index (χ1v) is 6.79. The number of furan rings is 1. The molecule has 0 spiro atoms. The lowest BCUT2D eigenvalue weighted by Crippen LogP contribution is -2.41. The SMILES string of the molecule is COCCC(NC(=O)c1occc1-c1ccccc1)C(=O)O. The van der Waals surface area contributed by atoms with Crippen molar-refractivity contribution in [1.29, 1.82) is 0 Å². The van der Waals surface area contributed by atoms with E-state index in [9.17, 15) is 9.59 Å². The number of ether oxygens (including phenoxy) is 1. The molecule has 2 aromatic rings. The molecule has 0 aliphatic carbocycles. The molecule has 1 atom stereocenters. The van der Waals surface area contributed by atoms with Crippen LogP contribution in [-0.4, -0.2) is 36.7 Å². The summed E-state index contributed by atoms with van der Waals surface area (Å²) in [6, 6.07) is 9.92. The minimum absolute atomic E-state index is 0.0925. The van der Waals surface area contributed by atoms with Gasteiger partial charge in [0.1, 0.15) is 6.04 Å².